The summed E-state index contributed by atoms with van der Waals surface area (Å²) in [6.45, 7) is 4.29. The van der Waals surface area contributed by atoms with Gasteiger partial charge in [-0.3, -0.25) is 0 Å². The maximum Gasteiger partial charge on any atom is 0.162 e. The number of ether oxygens (including phenoxy) is 1. The van der Waals surface area contributed by atoms with E-state index in [9.17, 15) is 13.9 Å². The zero-order valence-electron chi connectivity index (χ0n) is 17.5. The van der Waals surface area contributed by atoms with Gasteiger partial charge in [0.1, 0.15) is 16.4 Å². The highest BCUT2D eigenvalue weighted by Crippen LogP contribution is 2.38. The molecular weight excluding hydrogens is 406 g/mol. The molecule has 4 rings (SSSR count). The summed E-state index contributed by atoms with van der Waals surface area (Å²) in [7, 11) is 0. The normalized spacial score (nSPS) is 23.6. The number of halogens is 2. The number of thiazole rings is 1. The third-order valence-electron chi connectivity index (χ3n) is 6.47. The number of aryl methyl sites for hydroxylation is 1. The molecule has 1 atom stereocenters. The Kier molecular flexibility index (Phi) is 6.70. The molecule has 0 unspecified atom stereocenters. The summed E-state index contributed by atoms with van der Waals surface area (Å²) in [5, 5.41) is 12.2. The highest BCUT2D eigenvalue weighted by Gasteiger charge is 2.37. The summed E-state index contributed by atoms with van der Waals surface area (Å²) in [6, 6.07) is 4.24. The van der Waals surface area contributed by atoms with Gasteiger partial charge in [0.15, 0.2) is 11.6 Å². The fourth-order valence-corrected chi connectivity index (χ4v) is 5.86. The molecule has 4 nitrogen and oxygen atoms in total. The van der Waals surface area contributed by atoms with Crippen LogP contribution in [0.15, 0.2) is 18.2 Å². The number of hydrogen-bond donors (Lipinski definition) is 1. The summed E-state index contributed by atoms with van der Waals surface area (Å²) in [6.07, 6.45) is 8.30. The lowest BCUT2D eigenvalue weighted by molar-refractivity contribution is 0.0196. The van der Waals surface area contributed by atoms with E-state index in [4.69, 9.17) is 9.72 Å². The van der Waals surface area contributed by atoms with Crippen LogP contribution in [0, 0.1) is 18.6 Å². The van der Waals surface area contributed by atoms with E-state index in [1.54, 1.807) is 11.3 Å². The maximum atomic E-state index is 13.3. The van der Waals surface area contributed by atoms with Gasteiger partial charge in [0.2, 0.25) is 0 Å². The van der Waals surface area contributed by atoms with Gasteiger partial charge >= 0.3 is 0 Å². The second kappa shape index (κ2) is 9.28. The van der Waals surface area contributed by atoms with Gasteiger partial charge in [0.05, 0.1) is 12.3 Å². The minimum absolute atomic E-state index is 0.311. The standard InChI is InChI=1S/C23H30F2N2O2S/c1-16-21(9-14-29-18-7-8-19(24)20(25)15-18)30-22(26-16)23(28)10-4-12-27(13-11-23)17-5-2-3-6-17/h7-8,15,17,28H,2-6,9-14H2,1H3/t23-/m0/s1. The summed E-state index contributed by atoms with van der Waals surface area (Å²) < 4.78 is 31.9. The first-order chi connectivity index (χ1) is 14.4. The largest absolute Gasteiger partial charge is 0.493 e. The van der Waals surface area contributed by atoms with Gasteiger partial charge in [-0.15, -0.1) is 11.3 Å². The van der Waals surface area contributed by atoms with Crippen molar-refractivity contribution in [3.8, 4) is 5.75 Å². The molecule has 2 aromatic rings. The molecule has 0 radical (unpaired) electrons. The van der Waals surface area contributed by atoms with Crippen molar-refractivity contribution in [2.45, 2.75) is 69.9 Å². The van der Waals surface area contributed by atoms with Gasteiger partial charge in [-0.2, -0.15) is 0 Å². The Morgan fingerprint density at radius 2 is 1.97 bits per heavy atom. The Balaban J connectivity index is 1.36. The molecule has 1 N–H and O–H groups in total. The van der Waals surface area contributed by atoms with Crippen molar-refractivity contribution < 1.29 is 18.6 Å². The van der Waals surface area contributed by atoms with Crippen LogP contribution in [-0.4, -0.2) is 40.7 Å². The lowest BCUT2D eigenvalue weighted by Crippen LogP contribution is -2.35. The first-order valence-corrected chi connectivity index (χ1v) is 11.8. The monoisotopic (exact) mass is 436 g/mol. The molecule has 1 aromatic heterocycles. The van der Waals surface area contributed by atoms with Crippen molar-refractivity contribution >= 4 is 11.3 Å². The van der Waals surface area contributed by atoms with Crippen LogP contribution < -0.4 is 4.74 Å². The van der Waals surface area contributed by atoms with E-state index in [0.29, 0.717) is 24.8 Å². The number of aromatic nitrogens is 1. The topological polar surface area (TPSA) is 45.6 Å². The van der Waals surface area contributed by atoms with Crippen LogP contribution in [0.5, 0.6) is 5.75 Å². The number of rotatable bonds is 6. The van der Waals surface area contributed by atoms with Gasteiger partial charge in [-0.05, 0) is 57.7 Å². The zero-order valence-corrected chi connectivity index (χ0v) is 18.3. The van der Waals surface area contributed by atoms with Crippen LogP contribution in [0.3, 0.4) is 0 Å². The quantitative estimate of drug-likeness (QED) is 0.695. The van der Waals surface area contributed by atoms with Crippen molar-refractivity contribution in [3.63, 3.8) is 0 Å². The zero-order chi connectivity index (χ0) is 21.1. The molecule has 0 spiro atoms. The van der Waals surface area contributed by atoms with E-state index in [1.807, 2.05) is 6.92 Å². The Morgan fingerprint density at radius 1 is 1.17 bits per heavy atom. The molecular formula is C23H30F2N2O2S. The highest BCUT2D eigenvalue weighted by molar-refractivity contribution is 7.11. The van der Waals surface area contributed by atoms with E-state index in [1.165, 1.54) is 31.7 Å². The van der Waals surface area contributed by atoms with Crippen LogP contribution in [0.4, 0.5) is 8.78 Å². The number of nitrogens with zero attached hydrogens (tertiary/aromatic N) is 2. The second-order valence-electron chi connectivity index (χ2n) is 8.56. The molecule has 0 bridgehead atoms. The predicted octanol–water partition coefficient (Wildman–Crippen LogP) is 4.97. The van der Waals surface area contributed by atoms with E-state index in [2.05, 4.69) is 4.90 Å². The maximum absolute atomic E-state index is 13.3. The first-order valence-electron chi connectivity index (χ1n) is 11.0. The molecule has 164 valence electrons. The molecule has 1 saturated carbocycles. The molecule has 1 aliphatic carbocycles. The van der Waals surface area contributed by atoms with E-state index in [-0.39, 0.29) is 0 Å². The molecule has 2 fully saturated rings. The summed E-state index contributed by atoms with van der Waals surface area (Å²) in [5.41, 5.74) is 0.0522. The van der Waals surface area contributed by atoms with Crippen LogP contribution >= 0.6 is 11.3 Å². The van der Waals surface area contributed by atoms with E-state index in [0.717, 1.165) is 60.1 Å². The minimum atomic E-state index is -0.911. The third-order valence-corrected chi connectivity index (χ3v) is 7.88. The molecule has 1 aromatic carbocycles. The lowest BCUT2D eigenvalue weighted by Gasteiger charge is -2.28. The number of benzene rings is 1. The molecule has 2 aliphatic rings. The smallest absolute Gasteiger partial charge is 0.162 e. The number of hydrogen-bond acceptors (Lipinski definition) is 5. The molecule has 7 heteroatoms. The molecule has 2 heterocycles. The summed E-state index contributed by atoms with van der Waals surface area (Å²) in [5.74, 6) is -1.48. The molecule has 1 saturated heterocycles. The van der Waals surface area contributed by atoms with Crippen LogP contribution in [0.2, 0.25) is 0 Å². The predicted molar refractivity (Wildman–Crippen MR) is 114 cm³/mol. The van der Waals surface area contributed by atoms with Gasteiger partial charge in [-0.1, -0.05) is 12.8 Å². The first kappa shape index (κ1) is 21.7. The van der Waals surface area contributed by atoms with Gasteiger partial charge in [-0.25, -0.2) is 13.8 Å². The second-order valence-corrected chi connectivity index (χ2v) is 9.64. The Hall–Kier alpha value is -1.57. The molecule has 0 amide bonds. The van der Waals surface area contributed by atoms with Gasteiger partial charge in [0.25, 0.3) is 0 Å². The SMILES string of the molecule is Cc1nc([C@]2(O)CCCN(C3CCCC3)CC2)sc1CCOc1ccc(F)c(F)c1. The molecule has 1 aliphatic heterocycles. The molecule has 30 heavy (non-hydrogen) atoms. The van der Waals surface area contributed by atoms with Crippen molar-refractivity contribution in [2.75, 3.05) is 19.7 Å². The Morgan fingerprint density at radius 3 is 2.73 bits per heavy atom. The van der Waals surface area contributed by atoms with Crippen LogP contribution in [0.25, 0.3) is 0 Å². The van der Waals surface area contributed by atoms with Crippen molar-refractivity contribution in [1.82, 2.24) is 9.88 Å². The van der Waals surface area contributed by atoms with Crippen molar-refractivity contribution in [3.05, 3.63) is 45.4 Å². The van der Waals surface area contributed by atoms with E-state index < -0.39 is 17.2 Å². The summed E-state index contributed by atoms with van der Waals surface area (Å²) >= 11 is 1.55. The van der Waals surface area contributed by atoms with Crippen LogP contribution in [-0.2, 0) is 12.0 Å². The highest BCUT2D eigenvalue weighted by atomic mass is 32.1. The fraction of sp³-hybridized carbons (Fsp3) is 0.609. The third kappa shape index (κ3) is 4.84. The van der Waals surface area contributed by atoms with Crippen LogP contribution in [0.1, 0.15) is 60.5 Å². The van der Waals surface area contributed by atoms with E-state index >= 15 is 0 Å². The van der Waals surface area contributed by atoms with Gasteiger partial charge < -0.3 is 14.7 Å². The number of aliphatic hydroxyl groups is 1. The number of likely N-dealkylation sites (tertiary alicyclic amines) is 1. The van der Waals surface area contributed by atoms with Gasteiger partial charge in [0, 0.05) is 30.0 Å². The lowest BCUT2D eigenvalue weighted by atomic mass is 9.96. The Bertz CT molecular complexity index is 869. The minimum Gasteiger partial charge on any atom is -0.493 e. The average Bonchev–Trinajstić information content (AvgIpc) is 3.33. The fourth-order valence-electron chi connectivity index (χ4n) is 4.68. The van der Waals surface area contributed by atoms with Crippen molar-refractivity contribution in [2.24, 2.45) is 0 Å². The van der Waals surface area contributed by atoms with Crippen molar-refractivity contribution in [1.29, 1.82) is 0 Å². The Labute approximate surface area is 180 Å². The average molecular weight is 437 g/mol. The summed E-state index contributed by atoms with van der Waals surface area (Å²) in [4.78, 5) is 8.35.